The fourth-order valence-corrected chi connectivity index (χ4v) is 9.38. The zero-order chi connectivity index (χ0) is 24.1. The highest BCUT2D eigenvalue weighted by Crippen LogP contribution is 2.38. The number of hydrogen-bond donors (Lipinski definition) is 1. The highest BCUT2D eigenvalue weighted by Gasteiger charge is 2.52. The molecule has 0 fully saturated rings. The van der Waals surface area contributed by atoms with Crippen LogP contribution in [-0.2, 0) is 9.16 Å². The molecule has 1 aliphatic rings. The molecule has 0 aromatic heterocycles. The molecule has 4 nitrogen and oxygen atoms in total. The number of rotatable bonds is 5. The van der Waals surface area contributed by atoms with Gasteiger partial charge in [0.05, 0.1) is 12.1 Å². The number of hydrogen-bond acceptors (Lipinski definition) is 3. The number of alkyl carbamates (subject to hydrolysis) is 1. The number of benzene rings is 2. The summed E-state index contributed by atoms with van der Waals surface area (Å²) in [5.74, 6) is 0. The maximum absolute atomic E-state index is 12.7. The fraction of sp³-hybridized carbons (Fsp3) is 0.464. The van der Waals surface area contributed by atoms with E-state index in [9.17, 15) is 4.79 Å². The average Bonchev–Trinajstić information content (AvgIpc) is 2.95. The summed E-state index contributed by atoms with van der Waals surface area (Å²) < 4.78 is 12.9. The molecule has 5 heteroatoms. The second-order valence-corrected chi connectivity index (χ2v) is 15.1. The Bertz CT molecular complexity index is 890. The minimum Gasteiger partial charge on any atom is -0.444 e. The quantitative estimate of drug-likeness (QED) is 0.464. The van der Waals surface area contributed by atoms with Gasteiger partial charge in [0.15, 0.2) is 0 Å². The Morgan fingerprint density at radius 1 is 0.879 bits per heavy atom. The standard InChI is InChI=1S/C28H39NO3Si/c1-27(2,3)31-26(30)29-24-20-14-9-15-21-25(24)32-33(28(4,5)6,22-16-10-7-11-17-22)23-18-12-8-13-19-23/h7-13,15-19,24-25H,14,20-21H2,1-6H3,(H,29,30)/t24-,25+/m0/s1. The topological polar surface area (TPSA) is 47.6 Å². The van der Waals surface area contributed by atoms with Crippen LogP contribution in [0.3, 0.4) is 0 Å². The van der Waals surface area contributed by atoms with E-state index in [2.05, 4.69) is 98.9 Å². The summed E-state index contributed by atoms with van der Waals surface area (Å²) >= 11 is 0. The van der Waals surface area contributed by atoms with Crippen LogP contribution in [0, 0.1) is 0 Å². The lowest BCUT2D eigenvalue weighted by atomic mass is 10.1. The molecule has 0 bridgehead atoms. The third kappa shape index (κ3) is 6.15. The second-order valence-electron chi connectivity index (χ2n) is 10.9. The van der Waals surface area contributed by atoms with Gasteiger partial charge in [0.25, 0.3) is 8.32 Å². The highest BCUT2D eigenvalue weighted by atomic mass is 28.4. The maximum Gasteiger partial charge on any atom is 0.407 e. The van der Waals surface area contributed by atoms with Crippen LogP contribution in [-0.4, -0.2) is 32.2 Å². The zero-order valence-electron chi connectivity index (χ0n) is 20.9. The van der Waals surface area contributed by atoms with Gasteiger partial charge in [-0.2, -0.15) is 0 Å². The summed E-state index contributed by atoms with van der Waals surface area (Å²) in [7, 11) is -2.72. The van der Waals surface area contributed by atoms with Gasteiger partial charge in [-0.1, -0.05) is 93.6 Å². The first-order valence-electron chi connectivity index (χ1n) is 12.0. The number of ether oxygens (including phenoxy) is 1. The van der Waals surface area contributed by atoms with E-state index in [1.807, 2.05) is 20.8 Å². The van der Waals surface area contributed by atoms with Gasteiger partial charge in [0.2, 0.25) is 0 Å². The van der Waals surface area contributed by atoms with Crippen molar-refractivity contribution in [1.82, 2.24) is 5.32 Å². The molecular formula is C28H39NO3Si. The van der Waals surface area contributed by atoms with Gasteiger partial charge >= 0.3 is 6.09 Å². The SMILES string of the molecule is CC(C)(C)OC(=O)N[C@H]1CCC=CC[C@H]1O[Si](c1ccccc1)(c1ccccc1)C(C)(C)C. The van der Waals surface area contributed by atoms with Gasteiger partial charge in [-0.3, -0.25) is 0 Å². The molecule has 3 rings (SSSR count). The zero-order valence-corrected chi connectivity index (χ0v) is 21.9. The fourth-order valence-electron chi connectivity index (χ4n) is 4.65. The van der Waals surface area contributed by atoms with Gasteiger partial charge in [0.1, 0.15) is 5.60 Å². The predicted molar refractivity (Wildman–Crippen MR) is 139 cm³/mol. The van der Waals surface area contributed by atoms with E-state index < -0.39 is 13.9 Å². The Hall–Kier alpha value is -2.37. The van der Waals surface area contributed by atoms with Gasteiger partial charge in [-0.25, -0.2) is 4.79 Å². The summed E-state index contributed by atoms with van der Waals surface area (Å²) in [6, 6.07) is 21.2. The molecule has 0 aliphatic heterocycles. The minimum atomic E-state index is -2.72. The van der Waals surface area contributed by atoms with Gasteiger partial charge in [-0.15, -0.1) is 0 Å². The molecule has 2 aromatic carbocycles. The third-order valence-electron chi connectivity index (χ3n) is 6.08. The van der Waals surface area contributed by atoms with Crippen molar-refractivity contribution in [2.24, 2.45) is 0 Å². The first-order chi connectivity index (χ1) is 15.5. The molecular weight excluding hydrogens is 426 g/mol. The van der Waals surface area contributed by atoms with Gasteiger partial charge in [-0.05, 0) is 55.4 Å². The number of nitrogens with one attached hydrogen (secondary N) is 1. The predicted octanol–water partition coefficient (Wildman–Crippen LogP) is 5.57. The number of carbonyl (C=O) groups is 1. The number of carbonyl (C=O) groups excluding carboxylic acids is 1. The van der Waals surface area contributed by atoms with E-state index in [1.165, 1.54) is 10.4 Å². The molecule has 2 atom stereocenters. The van der Waals surface area contributed by atoms with E-state index in [1.54, 1.807) is 0 Å². The smallest absolute Gasteiger partial charge is 0.407 e. The Kier molecular flexibility index (Phi) is 7.86. The molecule has 1 aliphatic carbocycles. The average molecular weight is 466 g/mol. The Morgan fingerprint density at radius 3 is 1.91 bits per heavy atom. The minimum absolute atomic E-state index is 0.123. The maximum atomic E-state index is 12.7. The van der Waals surface area contributed by atoms with Crippen LogP contribution in [0.4, 0.5) is 4.79 Å². The largest absolute Gasteiger partial charge is 0.444 e. The first kappa shape index (κ1) is 25.3. The molecule has 0 heterocycles. The molecule has 1 amide bonds. The van der Waals surface area contributed by atoms with Crippen LogP contribution in [0.1, 0.15) is 60.8 Å². The summed E-state index contributed by atoms with van der Waals surface area (Å²) in [5, 5.41) is 5.50. The summed E-state index contributed by atoms with van der Waals surface area (Å²) in [5.41, 5.74) is -0.540. The lowest BCUT2D eigenvalue weighted by molar-refractivity contribution is 0.0435. The third-order valence-corrected chi connectivity index (χ3v) is 11.1. The number of allylic oxidation sites excluding steroid dienone is 1. The second kappa shape index (κ2) is 10.3. The summed E-state index contributed by atoms with van der Waals surface area (Å²) in [4.78, 5) is 12.7. The van der Waals surface area contributed by atoms with E-state index in [-0.39, 0.29) is 23.3 Å². The first-order valence-corrected chi connectivity index (χ1v) is 13.9. The van der Waals surface area contributed by atoms with Crippen molar-refractivity contribution >= 4 is 24.8 Å². The molecule has 0 saturated heterocycles. The molecule has 0 radical (unpaired) electrons. The van der Waals surface area contributed by atoms with Crippen molar-refractivity contribution in [3.63, 3.8) is 0 Å². The van der Waals surface area contributed by atoms with Crippen molar-refractivity contribution in [2.75, 3.05) is 0 Å². The van der Waals surface area contributed by atoms with Crippen molar-refractivity contribution in [3.8, 4) is 0 Å². The van der Waals surface area contributed by atoms with Crippen LogP contribution < -0.4 is 15.7 Å². The monoisotopic (exact) mass is 465 g/mol. The summed E-state index contributed by atoms with van der Waals surface area (Å²) in [6.07, 6.45) is 6.33. The highest BCUT2D eigenvalue weighted by molar-refractivity contribution is 6.99. The van der Waals surface area contributed by atoms with Crippen LogP contribution >= 0.6 is 0 Å². The van der Waals surface area contributed by atoms with Gasteiger partial charge in [0, 0.05) is 0 Å². The lowest BCUT2D eigenvalue weighted by Crippen LogP contribution is -2.69. The van der Waals surface area contributed by atoms with Crippen molar-refractivity contribution < 1.29 is 14.0 Å². The van der Waals surface area contributed by atoms with Crippen LogP contribution in [0.25, 0.3) is 0 Å². The van der Waals surface area contributed by atoms with Crippen LogP contribution in [0.5, 0.6) is 0 Å². The molecule has 1 N–H and O–H groups in total. The molecule has 0 unspecified atom stereocenters. The Labute approximate surface area is 200 Å². The Morgan fingerprint density at radius 2 is 1.42 bits per heavy atom. The van der Waals surface area contributed by atoms with Crippen LogP contribution in [0.2, 0.25) is 5.04 Å². The van der Waals surface area contributed by atoms with E-state index in [0.29, 0.717) is 0 Å². The van der Waals surface area contributed by atoms with Crippen molar-refractivity contribution in [1.29, 1.82) is 0 Å². The van der Waals surface area contributed by atoms with Crippen molar-refractivity contribution in [3.05, 3.63) is 72.8 Å². The van der Waals surface area contributed by atoms with E-state index in [4.69, 9.17) is 9.16 Å². The normalized spacial score (nSPS) is 19.6. The summed E-state index contributed by atoms with van der Waals surface area (Å²) in [6.45, 7) is 12.5. The lowest BCUT2D eigenvalue weighted by Gasteiger charge is -2.46. The van der Waals surface area contributed by atoms with E-state index >= 15 is 0 Å². The molecule has 33 heavy (non-hydrogen) atoms. The number of amides is 1. The van der Waals surface area contributed by atoms with Crippen molar-refractivity contribution in [2.45, 2.75) is 83.6 Å². The van der Waals surface area contributed by atoms with Crippen LogP contribution in [0.15, 0.2) is 72.8 Å². The Balaban J connectivity index is 2.04. The molecule has 178 valence electrons. The molecule has 0 saturated carbocycles. The van der Waals surface area contributed by atoms with E-state index in [0.717, 1.165) is 19.3 Å². The molecule has 0 spiro atoms. The molecule has 2 aromatic rings. The van der Waals surface area contributed by atoms with Gasteiger partial charge < -0.3 is 14.5 Å².